The molecule has 2 fully saturated rings. The Labute approximate surface area is 167 Å². The molecular weight excluding hydrogens is 352 g/mol. The van der Waals surface area contributed by atoms with Crippen LogP contribution in [0.1, 0.15) is 42.0 Å². The number of rotatable bonds is 4. The summed E-state index contributed by atoms with van der Waals surface area (Å²) in [6, 6.07) is 10.2. The van der Waals surface area contributed by atoms with E-state index >= 15 is 0 Å². The minimum atomic E-state index is -0.00687. The first-order valence-electron chi connectivity index (χ1n) is 9.99. The van der Waals surface area contributed by atoms with E-state index in [9.17, 15) is 4.79 Å². The van der Waals surface area contributed by atoms with Gasteiger partial charge in [0.2, 0.25) is 0 Å². The summed E-state index contributed by atoms with van der Waals surface area (Å²) in [4.78, 5) is 15.4. The van der Waals surface area contributed by atoms with Crippen molar-refractivity contribution >= 4 is 5.91 Å². The van der Waals surface area contributed by atoms with Gasteiger partial charge in [-0.25, -0.2) is 0 Å². The second kappa shape index (κ2) is 6.66. The van der Waals surface area contributed by atoms with Crippen LogP contribution >= 0.6 is 0 Å². The largest absolute Gasteiger partial charge is 0.497 e. The number of fused-ring (bicyclic) bond motifs is 1. The summed E-state index contributed by atoms with van der Waals surface area (Å²) in [5.41, 5.74) is 3.82. The third-order valence-corrected chi connectivity index (χ3v) is 6.77. The third kappa shape index (κ3) is 2.67. The number of methoxy groups -OCH3 is 1. The summed E-state index contributed by atoms with van der Waals surface area (Å²) < 4.78 is 13.3. The lowest BCUT2D eigenvalue weighted by Crippen LogP contribution is -2.66. The Balaban J connectivity index is 1.63. The minimum absolute atomic E-state index is 0.00687. The predicted molar refractivity (Wildman–Crippen MR) is 109 cm³/mol. The molecule has 2 aliphatic rings. The molecule has 5 heteroatoms. The fourth-order valence-corrected chi connectivity index (χ4v) is 5.51. The highest BCUT2D eigenvalue weighted by Gasteiger charge is 2.61. The number of benzene rings is 1. The van der Waals surface area contributed by atoms with Crippen LogP contribution in [-0.4, -0.2) is 48.3 Å². The van der Waals surface area contributed by atoms with Crippen LogP contribution < -0.4 is 4.74 Å². The topological polar surface area (TPSA) is 43.7 Å². The molecule has 0 unspecified atom stereocenters. The van der Waals surface area contributed by atoms with E-state index in [2.05, 4.69) is 18.4 Å². The maximum Gasteiger partial charge on any atom is 0.255 e. The Hall–Kier alpha value is -2.27. The van der Waals surface area contributed by atoms with Crippen LogP contribution in [0, 0.1) is 25.2 Å². The fourth-order valence-electron chi connectivity index (χ4n) is 5.51. The third-order valence-electron chi connectivity index (χ3n) is 6.77. The Morgan fingerprint density at radius 1 is 1.25 bits per heavy atom. The molecule has 1 saturated carbocycles. The standard InChI is InChI=1S/C23H30N2O3/c1-14-13-19(15(2)25(14)16-7-9-17(27-6)10-8-16)22(26)24(5)20-18-11-12-28-21(18)23(20,3)4/h7-10,13,18,20-21H,11-12H2,1-6H3/t18-,20+,21+/m0/s1. The Morgan fingerprint density at radius 3 is 2.57 bits per heavy atom. The van der Waals surface area contributed by atoms with Crippen LogP contribution in [0.3, 0.4) is 0 Å². The van der Waals surface area contributed by atoms with Crippen molar-refractivity contribution in [3.8, 4) is 11.4 Å². The molecule has 28 heavy (non-hydrogen) atoms. The monoisotopic (exact) mass is 382 g/mol. The van der Waals surface area contributed by atoms with Crippen molar-refractivity contribution < 1.29 is 14.3 Å². The molecule has 5 nitrogen and oxygen atoms in total. The Kier molecular flexibility index (Phi) is 4.53. The van der Waals surface area contributed by atoms with Crippen molar-refractivity contribution in [3.05, 3.63) is 47.3 Å². The van der Waals surface area contributed by atoms with Crippen molar-refractivity contribution in [2.75, 3.05) is 20.8 Å². The molecule has 150 valence electrons. The average Bonchev–Trinajstić information content (AvgIpc) is 3.24. The number of hydrogen-bond acceptors (Lipinski definition) is 3. The summed E-state index contributed by atoms with van der Waals surface area (Å²) in [5, 5.41) is 0. The van der Waals surface area contributed by atoms with Gasteiger partial charge in [0.1, 0.15) is 5.75 Å². The number of aryl methyl sites for hydroxylation is 1. The van der Waals surface area contributed by atoms with E-state index in [1.807, 2.05) is 56.1 Å². The summed E-state index contributed by atoms with van der Waals surface area (Å²) in [6.45, 7) is 9.31. The highest BCUT2D eigenvalue weighted by atomic mass is 16.5. The summed E-state index contributed by atoms with van der Waals surface area (Å²) in [7, 11) is 3.61. The lowest BCUT2D eigenvalue weighted by atomic mass is 9.56. The minimum Gasteiger partial charge on any atom is -0.497 e. The Morgan fingerprint density at radius 2 is 1.93 bits per heavy atom. The fraction of sp³-hybridized carbons (Fsp3) is 0.522. The first-order valence-corrected chi connectivity index (χ1v) is 9.99. The highest BCUT2D eigenvalue weighted by Crippen LogP contribution is 2.54. The highest BCUT2D eigenvalue weighted by molar-refractivity contribution is 5.96. The number of nitrogens with zero attached hydrogens (tertiary/aromatic N) is 2. The van der Waals surface area contributed by atoms with Crippen LogP contribution in [-0.2, 0) is 4.74 Å². The van der Waals surface area contributed by atoms with Crippen LogP contribution in [0.4, 0.5) is 0 Å². The molecule has 2 aromatic rings. The van der Waals surface area contributed by atoms with Crippen molar-refractivity contribution in [2.24, 2.45) is 11.3 Å². The van der Waals surface area contributed by atoms with Crippen LogP contribution in [0.15, 0.2) is 30.3 Å². The van der Waals surface area contributed by atoms with E-state index in [0.29, 0.717) is 5.92 Å². The molecule has 3 atom stereocenters. The number of hydrogen-bond donors (Lipinski definition) is 0. The van der Waals surface area contributed by atoms with E-state index in [1.165, 1.54) is 0 Å². The zero-order chi connectivity index (χ0) is 20.2. The van der Waals surface area contributed by atoms with Crippen molar-refractivity contribution in [3.63, 3.8) is 0 Å². The molecule has 0 bridgehead atoms. The number of carbonyl (C=O) groups excluding carboxylic acids is 1. The van der Waals surface area contributed by atoms with Crippen molar-refractivity contribution in [1.29, 1.82) is 0 Å². The normalized spacial score (nSPS) is 25.1. The van der Waals surface area contributed by atoms with Gasteiger partial charge < -0.3 is 18.9 Å². The zero-order valence-corrected chi connectivity index (χ0v) is 17.7. The van der Waals surface area contributed by atoms with Crippen molar-refractivity contribution in [2.45, 2.75) is 46.3 Å². The first kappa shape index (κ1) is 19.1. The predicted octanol–water partition coefficient (Wildman–Crippen LogP) is 3.99. The van der Waals surface area contributed by atoms with E-state index < -0.39 is 0 Å². The number of carbonyl (C=O) groups is 1. The molecule has 0 spiro atoms. The Bertz CT molecular complexity index is 897. The van der Waals surface area contributed by atoms with Gasteiger partial charge in [-0.15, -0.1) is 0 Å². The molecule has 0 radical (unpaired) electrons. The molecule has 1 saturated heterocycles. The molecule has 1 aliphatic carbocycles. The molecule has 0 N–H and O–H groups in total. The van der Waals surface area contributed by atoms with Gasteiger partial charge in [-0.1, -0.05) is 13.8 Å². The quantitative estimate of drug-likeness (QED) is 0.803. The molecule has 1 aromatic heterocycles. The molecule has 1 aromatic carbocycles. The van der Waals surface area contributed by atoms with Gasteiger partial charge in [0.05, 0.1) is 18.8 Å². The van der Waals surface area contributed by atoms with E-state index in [0.717, 1.165) is 41.4 Å². The molecule has 1 aliphatic heterocycles. The van der Waals surface area contributed by atoms with Gasteiger partial charge in [-0.2, -0.15) is 0 Å². The lowest BCUT2D eigenvalue weighted by Gasteiger charge is -2.57. The summed E-state index contributed by atoms with van der Waals surface area (Å²) in [6.07, 6.45) is 1.32. The van der Waals surface area contributed by atoms with Crippen LogP contribution in [0.5, 0.6) is 5.75 Å². The second-order valence-corrected chi connectivity index (χ2v) is 8.74. The van der Waals surface area contributed by atoms with Gasteiger partial charge in [-0.05, 0) is 50.6 Å². The smallest absolute Gasteiger partial charge is 0.255 e. The van der Waals surface area contributed by atoms with Gasteiger partial charge in [0.15, 0.2) is 0 Å². The SMILES string of the molecule is COc1ccc(-n2c(C)cc(C(=O)N(C)[C@@H]3[C@@H]4CCO[C@H]4C3(C)C)c2C)cc1. The molecule has 2 heterocycles. The lowest BCUT2D eigenvalue weighted by molar-refractivity contribution is -0.139. The average molecular weight is 383 g/mol. The second-order valence-electron chi connectivity index (χ2n) is 8.74. The summed E-state index contributed by atoms with van der Waals surface area (Å²) >= 11 is 0. The molecule has 4 rings (SSSR count). The number of ether oxygens (including phenoxy) is 2. The maximum absolute atomic E-state index is 13.4. The summed E-state index contributed by atoms with van der Waals surface area (Å²) in [5.74, 6) is 1.37. The van der Waals surface area contributed by atoms with Gasteiger partial charge in [0.25, 0.3) is 5.91 Å². The van der Waals surface area contributed by atoms with E-state index in [1.54, 1.807) is 7.11 Å². The van der Waals surface area contributed by atoms with Gasteiger partial charge >= 0.3 is 0 Å². The van der Waals surface area contributed by atoms with Gasteiger partial charge in [0, 0.05) is 48.1 Å². The van der Waals surface area contributed by atoms with E-state index in [4.69, 9.17) is 9.47 Å². The van der Waals surface area contributed by atoms with Crippen LogP contribution in [0.25, 0.3) is 5.69 Å². The van der Waals surface area contributed by atoms with E-state index in [-0.39, 0.29) is 23.5 Å². The first-order chi connectivity index (χ1) is 13.3. The van der Waals surface area contributed by atoms with Crippen LogP contribution in [0.2, 0.25) is 0 Å². The zero-order valence-electron chi connectivity index (χ0n) is 17.7. The number of amides is 1. The molecular formula is C23H30N2O3. The maximum atomic E-state index is 13.4. The molecule has 1 amide bonds. The number of aromatic nitrogens is 1. The van der Waals surface area contributed by atoms with Gasteiger partial charge in [-0.3, -0.25) is 4.79 Å². The van der Waals surface area contributed by atoms with Crippen molar-refractivity contribution in [1.82, 2.24) is 9.47 Å².